The Balaban J connectivity index is 1.43. The number of hydrogen-bond acceptors (Lipinski definition) is 3. The van der Waals surface area contributed by atoms with Crippen LogP contribution in [-0.4, -0.2) is 28.6 Å². The second kappa shape index (κ2) is 8.98. The summed E-state index contributed by atoms with van der Waals surface area (Å²) in [6, 6.07) is 20.5. The van der Waals surface area contributed by atoms with E-state index in [0.717, 1.165) is 39.4 Å². The third-order valence-electron chi connectivity index (χ3n) is 7.01. The molecule has 1 aliphatic heterocycles. The minimum absolute atomic E-state index is 0.0413. The van der Waals surface area contributed by atoms with E-state index in [9.17, 15) is 4.79 Å². The van der Waals surface area contributed by atoms with E-state index in [1.54, 1.807) is 0 Å². The van der Waals surface area contributed by atoms with Crippen molar-refractivity contribution in [2.24, 2.45) is 0 Å². The van der Waals surface area contributed by atoms with Crippen LogP contribution in [0.3, 0.4) is 0 Å². The van der Waals surface area contributed by atoms with Gasteiger partial charge in [0.2, 0.25) is 5.91 Å². The molecule has 1 saturated heterocycles. The molecule has 0 bridgehead atoms. The molecular formula is C29H31N3O2. The summed E-state index contributed by atoms with van der Waals surface area (Å²) in [4.78, 5) is 20.1. The molecule has 1 amide bonds. The maximum Gasteiger partial charge on any atom is 0.227 e. The van der Waals surface area contributed by atoms with Gasteiger partial charge in [0.05, 0.1) is 17.6 Å². The van der Waals surface area contributed by atoms with Gasteiger partial charge in [0, 0.05) is 24.6 Å². The van der Waals surface area contributed by atoms with Gasteiger partial charge in [-0.3, -0.25) is 4.79 Å². The van der Waals surface area contributed by atoms with Crippen molar-refractivity contribution in [3.8, 4) is 5.75 Å². The summed E-state index contributed by atoms with van der Waals surface area (Å²) in [6.45, 7) is 10.2. The Morgan fingerprint density at radius 2 is 1.62 bits per heavy atom. The highest BCUT2D eigenvalue weighted by molar-refractivity contribution is 5.98. The van der Waals surface area contributed by atoms with E-state index in [-0.39, 0.29) is 11.8 Å². The number of anilines is 1. The zero-order valence-corrected chi connectivity index (χ0v) is 20.3. The molecule has 1 fully saturated rings. The minimum Gasteiger partial charge on any atom is -0.491 e. The molecule has 5 heteroatoms. The summed E-state index contributed by atoms with van der Waals surface area (Å²) in [5, 5.41) is 0. The van der Waals surface area contributed by atoms with Crippen LogP contribution < -0.4 is 9.64 Å². The van der Waals surface area contributed by atoms with E-state index in [2.05, 4.69) is 56.5 Å². The fourth-order valence-corrected chi connectivity index (χ4v) is 5.10. The average molecular weight is 454 g/mol. The van der Waals surface area contributed by atoms with E-state index < -0.39 is 0 Å². The molecule has 174 valence electrons. The number of nitrogens with zero attached hydrogens (tertiary/aromatic N) is 3. The summed E-state index contributed by atoms with van der Waals surface area (Å²) in [7, 11) is 0. The molecule has 0 aliphatic carbocycles. The molecule has 0 radical (unpaired) electrons. The van der Waals surface area contributed by atoms with Gasteiger partial charge in [0.15, 0.2) is 0 Å². The molecule has 0 unspecified atom stereocenters. The van der Waals surface area contributed by atoms with Crippen LogP contribution in [0.2, 0.25) is 0 Å². The van der Waals surface area contributed by atoms with Crippen molar-refractivity contribution >= 4 is 22.6 Å². The van der Waals surface area contributed by atoms with Gasteiger partial charge in [-0.2, -0.15) is 0 Å². The Morgan fingerprint density at radius 1 is 0.912 bits per heavy atom. The minimum atomic E-state index is 0.0413. The van der Waals surface area contributed by atoms with Gasteiger partial charge in [0.25, 0.3) is 0 Å². The Labute approximate surface area is 201 Å². The summed E-state index contributed by atoms with van der Waals surface area (Å²) in [6.07, 6.45) is 0.467. The monoisotopic (exact) mass is 453 g/mol. The van der Waals surface area contributed by atoms with E-state index in [1.165, 1.54) is 11.1 Å². The van der Waals surface area contributed by atoms with Gasteiger partial charge in [-0.05, 0) is 68.1 Å². The molecule has 3 aromatic carbocycles. The van der Waals surface area contributed by atoms with Crippen molar-refractivity contribution in [2.75, 3.05) is 18.1 Å². The molecule has 34 heavy (non-hydrogen) atoms. The first-order valence-corrected chi connectivity index (χ1v) is 11.9. The number of hydrogen-bond donors (Lipinski definition) is 0. The first-order valence-electron chi connectivity index (χ1n) is 11.9. The lowest BCUT2D eigenvalue weighted by molar-refractivity contribution is -0.117. The zero-order chi connectivity index (χ0) is 23.8. The van der Waals surface area contributed by atoms with Crippen LogP contribution in [0, 0.1) is 27.7 Å². The second-order valence-corrected chi connectivity index (χ2v) is 9.30. The highest BCUT2D eigenvalue weighted by Gasteiger charge is 2.35. The molecule has 1 aliphatic rings. The summed E-state index contributed by atoms with van der Waals surface area (Å²) >= 11 is 0. The zero-order valence-electron chi connectivity index (χ0n) is 20.3. The van der Waals surface area contributed by atoms with Crippen molar-refractivity contribution in [2.45, 2.75) is 46.6 Å². The van der Waals surface area contributed by atoms with E-state index >= 15 is 0 Å². The maximum absolute atomic E-state index is 13.1. The van der Waals surface area contributed by atoms with Gasteiger partial charge in [0.1, 0.15) is 18.2 Å². The summed E-state index contributed by atoms with van der Waals surface area (Å²) in [5.74, 6) is 2.09. The predicted molar refractivity (Wildman–Crippen MR) is 137 cm³/mol. The van der Waals surface area contributed by atoms with Crippen LogP contribution in [-0.2, 0) is 11.3 Å². The Morgan fingerprint density at radius 3 is 2.41 bits per heavy atom. The number of rotatable bonds is 6. The number of aromatic nitrogens is 2. The van der Waals surface area contributed by atoms with Crippen molar-refractivity contribution in [1.29, 1.82) is 0 Å². The fraction of sp³-hybridized carbons (Fsp3) is 0.310. The smallest absolute Gasteiger partial charge is 0.227 e. The number of para-hydroxylation sites is 3. The number of benzene rings is 3. The topological polar surface area (TPSA) is 47.4 Å². The van der Waals surface area contributed by atoms with E-state index in [4.69, 9.17) is 9.72 Å². The largest absolute Gasteiger partial charge is 0.491 e. The Bertz CT molecular complexity index is 1350. The van der Waals surface area contributed by atoms with Crippen LogP contribution in [0.4, 0.5) is 5.69 Å². The first-order chi connectivity index (χ1) is 16.4. The van der Waals surface area contributed by atoms with Crippen molar-refractivity contribution in [1.82, 2.24) is 9.55 Å². The molecular weight excluding hydrogens is 422 g/mol. The summed E-state index contributed by atoms with van der Waals surface area (Å²) in [5.41, 5.74) is 7.73. The molecule has 1 aromatic heterocycles. The van der Waals surface area contributed by atoms with Gasteiger partial charge >= 0.3 is 0 Å². The molecule has 4 aromatic rings. The lowest BCUT2D eigenvalue weighted by Gasteiger charge is -2.21. The second-order valence-electron chi connectivity index (χ2n) is 9.30. The van der Waals surface area contributed by atoms with Gasteiger partial charge < -0.3 is 14.2 Å². The number of ether oxygens (including phenoxy) is 1. The van der Waals surface area contributed by atoms with Gasteiger partial charge in [-0.25, -0.2) is 4.98 Å². The number of fused-ring (bicyclic) bond motifs is 1. The van der Waals surface area contributed by atoms with Crippen LogP contribution in [0.5, 0.6) is 5.75 Å². The van der Waals surface area contributed by atoms with Crippen LogP contribution in [0.15, 0.2) is 60.7 Å². The predicted octanol–water partition coefficient (Wildman–Crippen LogP) is 5.87. The van der Waals surface area contributed by atoms with Crippen LogP contribution in [0.25, 0.3) is 11.0 Å². The molecule has 5 nitrogen and oxygen atoms in total. The third-order valence-corrected chi connectivity index (χ3v) is 7.01. The standard InChI is InChI=1S/C29H31N3O2/c1-19-9-8-14-26(22(19)4)34-16-15-31-25-13-6-5-12-24(25)30-29(31)23-17-27(33)32(18-23)28-20(2)10-7-11-21(28)3/h5-14,23H,15-18H2,1-4H3/t23-/m1/s1. The third kappa shape index (κ3) is 3.96. The fourth-order valence-electron chi connectivity index (χ4n) is 5.10. The van der Waals surface area contributed by atoms with Gasteiger partial charge in [-0.1, -0.05) is 42.5 Å². The Hall–Kier alpha value is -3.60. The molecule has 0 spiro atoms. The number of aryl methyl sites for hydroxylation is 3. The Kier molecular flexibility index (Phi) is 5.86. The molecule has 1 atom stereocenters. The lowest BCUT2D eigenvalue weighted by atomic mass is 10.1. The normalized spacial score (nSPS) is 15.9. The molecule has 0 N–H and O–H groups in total. The first kappa shape index (κ1) is 22.2. The van der Waals surface area contributed by atoms with Crippen molar-refractivity contribution in [3.05, 3.63) is 88.7 Å². The highest BCUT2D eigenvalue weighted by atomic mass is 16.5. The summed E-state index contributed by atoms with van der Waals surface area (Å²) < 4.78 is 8.42. The van der Waals surface area contributed by atoms with Crippen LogP contribution in [0.1, 0.15) is 40.4 Å². The van der Waals surface area contributed by atoms with E-state index in [0.29, 0.717) is 26.1 Å². The van der Waals surface area contributed by atoms with Gasteiger partial charge in [-0.15, -0.1) is 0 Å². The molecule has 2 heterocycles. The number of imidazole rings is 1. The number of carbonyl (C=O) groups excluding carboxylic acids is 1. The molecule has 5 rings (SSSR count). The van der Waals surface area contributed by atoms with E-state index in [1.807, 2.05) is 41.3 Å². The van der Waals surface area contributed by atoms with Crippen molar-refractivity contribution in [3.63, 3.8) is 0 Å². The highest BCUT2D eigenvalue weighted by Crippen LogP contribution is 2.36. The number of amides is 1. The average Bonchev–Trinajstić information content (AvgIpc) is 3.37. The SMILES string of the molecule is Cc1cccc(OCCn2c([C@@H]3CC(=O)N(c4c(C)cccc4C)C3)nc3ccccc32)c1C. The molecule has 0 saturated carbocycles. The van der Waals surface area contributed by atoms with Crippen LogP contribution >= 0.6 is 0 Å². The maximum atomic E-state index is 13.1. The lowest BCUT2D eigenvalue weighted by Crippen LogP contribution is -2.26. The quantitative estimate of drug-likeness (QED) is 0.367. The van der Waals surface area contributed by atoms with Crippen molar-refractivity contribution < 1.29 is 9.53 Å². The number of carbonyl (C=O) groups is 1.